The lowest BCUT2D eigenvalue weighted by Crippen LogP contribution is -2.36. The number of aromatic nitrogens is 1. The van der Waals surface area contributed by atoms with E-state index in [0.717, 1.165) is 18.4 Å². The number of halogens is 1. The van der Waals surface area contributed by atoms with E-state index in [9.17, 15) is 5.11 Å². The minimum Gasteiger partial charge on any atom is -0.394 e. The molecule has 0 amide bonds. The van der Waals surface area contributed by atoms with E-state index in [1.54, 1.807) is 6.20 Å². The number of pyridine rings is 1. The molecule has 4 heteroatoms. The first-order valence-corrected chi connectivity index (χ1v) is 5.53. The van der Waals surface area contributed by atoms with Gasteiger partial charge in [0.25, 0.3) is 0 Å². The van der Waals surface area contributed by atoms with Gasteiger partial charge in [0.05, 0.1) is 6.61 Å². The molecule has 2 rings (SSSR count). The van der Waals surface area contributed by atoms with Crippen molar-refractivity contribution in [2.75, 3.05) is 6.61 Å². The second-order valence-electron chi connectivity index (χ2n) is 4.22. The molecule has 1 saturated carbocycles. The number of nitrogens with one attached hydrogen (secondary N) is 1. The standard InChI is InChI=1S/C11H15ClN2O/c1-8(14-11(7-15)3-4-11)9-2-5-13-10(12)6-9/h2,5-6,8,14-15H,3-4,7H2,1H3. The molecular weight excluding hydrogens is 212 g/mol. The van der Waals surface area contributed by atoms with E-state index in [0.29, 0.717) is 5.15 Å². The van der Waals surface area contributed by atoms with Crippen LogP contribution >= 0.6 is 11.6 Å². The quantitative estimate of drug-likeness (QED) is 0.771. The monoisotopic (exact) mass is 226 g/mol. The third-order valence-corrected chi connectivity index (χ3v) is 3.14. The van der Waals surface area contributed by atoms with Gasteiger partial charge in [0.1, 0.15) is 5.15 Å². The predicted octanol–water partition coefficient (Wildman–Crippen LogP) is 1.91. The summed E-state index contributed by atoms with van der Waals surface area (Å²) in [6.07, 6.45) is 3.80. The van der Waals surface area contributed by atoms with Crippen molar-refractivity contribution in [1.82, 2.24) is 10.3 Å². The van der Waals surface area contributed by atoms with Crippen LogP contribution in [0.25, 0.3) is 0 Å². The van der Waals surface area contributed by atoms with E-state index in [2.05, 4.69) is 17.2 Å². The smallest absolute Gasteiger partial charge is 0.129 e. The van der Waals surface area contributed by atoms with Gasteiger partial charge in [-0.1, -0.05) is 11.6 Å². The topological polar surface area (TPSA) is 45.1 Å². The molecule has 1 aromatic rings. The van der Waals surface area contributed by atoms with Crippen LogP contribution in [-0.4, -0.2) is 22.2 Å². The first-order chi connectivity index (χ1) is 7.15. The minimum atomic E-state index is -0.0465. The van der Waals surface area contributed by atoms with Crippen LogP contribution in [-0.2, 0) is 0 Å². The number of rotatable bonds is 4. The van der Waals surface area contributed by atoms with E-state index >= 15 is 0 Å². The predicted molar refractivity (Wildman–Crippen MR) is 59.8 cm³/mol. The van der Waals surface area contributed by atoms with Crippen LogP contribution in [0.15, 0.2) is 18.3 Å². The Morgan fingerprint density at radius 1 is 1.67 bits per heavy atom. The zero-order valence-electron chi connectivity index (χ0n) is 8.70. The van der Waals surface area contributed by atoms with E-state index in [-0.39, 0.29) is 18.2 Å². The van der Waals surface area contributed by atoms with Crippen molar-refractivity contribution in [3.05, 3.63) is 29.0 Å². The maximum Gasteiger partial charge on any atom is 0.129 e. The van der Waals surface area contributed by atoms with E-state index in [1.807, 2.05) is 12.1 Å². The third kappa shape index (κ3) is 2.48. The molecule has 0 spiro atoms. The highest BCUT2D eigenvalue weighted by Gasteiger charge is 2.42. The Balaban J connectivity index is 2.04. The molecular formula is C11H15ClN2O. The van der Waals surface area contributed by atoms with Gasteiger partial charge in [0.2, 0.25) is 0 Å². The van der Waals surface area contributed by atoms with Crippen molar-refractivity contribution in [2.45, 2.75) is 31.3 Å². The molecule has 0 saturated heterocycles. The molecule has 1 fully saturated rings. The van der Waals surface area contributed by atoms with Gasteiger partial charge in [-0.05, 0) is 37.5 Å². The second-order valence-corrected chi connectivity index (χ2v) is 4.60. The van der Waals surface area contributed by atoms with Crippen molar-refractivity contribution in [2.24, 2.45) is 0 Å². The summed E-state index contributed by atoms with van der Waals surface area (Å²) < 4.78 is 0. The van der Waals surface area contributed by atoms with Gasteiger partial charge in [0.15, 0.2) is 0 Å². The SMILES string of the molecule is CC(NC1(CO)CC1)c1ccnc(Cl)c1. The van der Waals surface area contributed by atoms with Gasteiger partial charge < -0.3 is 10.4 Å². The Kier molecular flexibility index (Phi) is 2.96. The molecule has 0 aromatic carbocycles. The first kappa shape index (κ1) is 10.9. The van der Waals surface area contributed by atoms with Crippen LogP contribution in [0.1, 0.15) is 31.4 Å². The van der Waals surface area contributed by atoms with Gasteiger partial charge in [-0.2, -0.15) is 0 Å². The van der Waals surface area contributed by atoms with Crippen molar-refractivity contribution in [1.29, 1.82) is 0 Å². The molecule has 15 heavy (non-hydrogen) atoms. The van der Waals surface area contributed by atoms with E-state index < -0.39 is 0 Å². The molecule has 0 radical (unpaired) electrons. The van der Waals surface area contributed by atoms with Crippen LogP contribution in [0.2, 0.25) is 5.15 Å². The maximum atomic E-state index is 9.21. The fourth-order valence-electron chi connectivity index (χ4n) is 1.73. The number of aliphatic hydroxyl groups excluding tert-OH is 1. The summed E-state index contributed by atoms with van der Waals surface area (Å²) in [7, 11) is 0. The molecule has 1 atom stereocenters. The lowest BCUT2D eigenvalue weighted by molar-refractivity contribution is 0.221. The van der Waals surface area contributed by atoms with Crippen molar-refractivity contribution in [3.8, 4) is 0 Å². The fourth-order valence-corrected chi connectivity index (χ4v) is 1.91. The Bertz CT molecular complexity index is 352. The third-order valence-electron chi connectivity index (χ3n) is 2.93. The van der Waals surface area contributed by atoms with Crippen LogP contribution in [0.4, 0.5) is 0 Å². The lowest BCUT2D eigenvalue weighted by atomic mass is 10.1. The summed E-state index contributed by atoms with van der Waals surface area (Å²) in [5.74, 6) is 0. The fraction of sp³-hybridized carbons (Fsp3) is 0.545. The number of aliphatic hydroxyl groups is 1. The summed E-state index contributed by atoms with van der Waals surface area (Å²) in [6, 6.07) is 3.99. The van der Waals surface area contributed by atoms with Gasteiger partial charge in [-0.25, -0.2) is 4.98 Å². The molecule has 1 unspecified atom stereocenters. The molecule has 2 N–H and O–H groups in total. The van der Waals surface area contributed by atoms with Crippen LogP contribution in [0.3, 0.4) is 0 Å². The summed E-state index contributed by atoms with van der Waals surface area (Å²) in [5, 5.41) is 13.1. The van der Waals surface area contributed by atoms with Crippen molar-refractivity contribution >= 4 is 11.6 Å². The molecule has 1 heterocycles. The average molecular weight is 227 g/mol. The number of nitrogens with zero attached hydrogens (tertiary/aromatic N) is 1. The molecule has 82 valence electrons. The van der Waals surface area contributed by atoms with Crippen LogP contribution in [0, 0.1) is 0 Å². The average Bonchev–Trinajstić information content (AvgIpc) is 2.98. The van der Waals surface area contributed by atoms with Gasteiger partial charge in [-0.3, -0.25) is 0 Å². The van der Waals surface area contributed by atoms with Gasteiger partial charge in [-0.15, -0.1) is 0 Å². The highest BCUT2D eigenvalue weighted by atomic mass is 35.5. The number of hydrogen-bond acceptors (Lipinski definition) is 3. The van der Waals surface area contributed by atoms with E-state index in [4.69, 9.17) is 11.6 Å². The normalized spacial score (nSPS) is 19.9. The first-order valence-electron chi connectivity index (χ1n) is 5.15. The minimum absolute atomic E-state index is 0.0465. The Morgan fingerprint density at radius 2 is 2.40 bits per heavy atom. The summed E-state index contributed by atoms with van der Waals surface area (Å²) in [6.45, 7) is 2.28. The van der Waals surface area contributed by atoms with E-state index in [1.165, 1.54) is 0 Å². The maximum absolute atomic E-state index is 9.21. The molecule has 1 aromatic heterocycles. The molecule has 3 nitrogen and oxygen atoms in total. The van der Waals surface area contributed by atoms with Crippen LogP contribution < -0.4 is 5.32 Å². The number of hydrogen-bond donors (Lipinski definition) is 2. The summed E-state index contributed by atoms with van der Waals surface area (Å²) in [5.41, 5.74) is 1.06. The zero-order chi connectivity index (χ0) is 10.9. The van der Waals surface area contributed by atoms with Crippen molar-refractivity contribution < 1.29 is 5.11 Å². The van der Waals surface area contributed by atoms with Crippen molar-refractivity contribution in [3.63, 3.8) is 0 Å². The Labute approximate surface area is 94.5 Å². The zero-order valence-corrected chi connectivity index (χ0v) is 9.46. The van der Waals surface area contributed by atoms with Gasteiger partial charge >= 0.3 is 0 Å². The highest BCUT2D eigenvalue weighted by Crippen LogP contribution is 2.37. The largest absolute Gasteiger partial charge is 0.394 e. The lowest BCUT2D eigenvalue weighted by Gasteiger charge is -2.21. The molecule has 0 aliphatic heterocycles. The van der Waals surface area contributed by atoms with Gasteiger partial charge in [0, 0.05) is 17.8 Å². The second kappa shape index (κ2) is 4.08. The van der Waals surface area contributed by atoms with Crippen LogP contribution in [0.5, 0.6) is 0 Å². The highest BCUT2D eigenvalue weighted by molar-refractivity contribution is 6.29. The summed E-state index contributed by atoms with van der Waals surface area (Å²) in [4.78, 5) is 3.94. The Hall–Kier alpha value is -0.640. The molecule has 0 bridgehead atoms. The molecule has 1 aliphatic carbocycles. The summed E-state index contributed by atoms with van der Waals surface area (Å²) >= 11 is 5.82. The molecule has 1 aliphatic rings. The Morgan fingerprint density at radius 3 is 2.93 bits per heavy atom.